The zero-order chi connectivity index (χ0) is 9.73. The predicted octanol–water partition coefficient (Wildman–Crippen LogP) is -0.590. The lowest BCUT2D eigenvalue weighted by atomic mass is 10.2. The first-order valence-electron chi connectivity index (χ1n) is 4.60. The third-order valence-electron chi connectivity index (χ3n) is 1.76. The van der Waals surface area contributed by atoms with Crippen LogP contribution in [0.3, 0.4) is 0 Å². The largest absolute Gasteiger partial charge is 1.00 e. The summed E-state index contributed by atoms with van der Waals surface area (Å²) >= 11 is 0. The zero-order valence-corrected chi connectivity index (χ0v) is 11.2. The van der Waals surface area contributed by atoms with Crippen molar-refractivity contribution in [3.63, 3.8) is 0 Å². The summed E-state index contributed by atoms with van der Waals surface area (Å²) in [6.07, 6.45) is 4.39. The molecule has 0 aromatic heterocycles. The Morgan fingerprint density at radius 1 is 1.07 bits per heavy atom. The maximum absolute atomic E-state index is 2.22. The molecule has 0 unspecified atom stereocenters. The molecule has 1 aromatic carbocycles. The van der Waals surface area contributed by atoms with Gasteiger partial charge in [-0.3, -0.25) is 0 Å². The number of likely N-dealkylation sites (N-methyl/N-ethyl adjacent to an activating group) is 1. The van der Waals surface area contributed by atoms with E-state index in [-0.39, 0.29) is 24.0 Å². The van der Waals surface area contributed by atoms with Gasteiger partial charge >= 0.3 is 0 Å². The third-order valence-corrected chi connectivity index (χ3v) is 1.76. The van der Waals surface area contributed by atoms with Gasteiger partial charge in [-0.1, -0.05) is 36.4 Å². The Morgan fingerprint density at radius 3 is 2.14 bits per heavy atom. The fourth-order valence-corrected chi connectivity index (χ4v) is 1.07. The summed E-state index contributed by atoms with van der Waals surface area (Å²) < 4.78 is 0.976. The fourth-order valence-electron chi connectivity index (χ4n) is 1.07. The molecule has 0 heterocycles. The van der Waals surface area contributed by atoms with Gasteiger partial charge in [-0.05, 0) is 11.6 Å². The molecule has 0 bridgehead atoms. The van der Waals surface area contributed by atoms with Gasteiger partial charge < -0.3 is 28.5 Å². The number of benzene rings is 1. The Morgan fingerprint density at radius 2 is 1.64 bits per heavy atom. The lowest BCUT2D eigenvalue weighted by Gasteiger charge is -2.21. The molecule has 0 spiro atoms. The maximum Gasteiger partial charge on any atom is 0.0970 e. The number of hydrogen-bond donors (Lipinski definition) is 0. The first-order valence-corrected chi connectivity index (χ1v) is 4.60. The van der Waals surface area contributed by atoms with Crippen molar-refractivity contribution in [3.8, 4) is 0 Å². The lowest BCUT2D eigenvalue weighted by molar-refractivity contribution is -0.864. The third kappa shape index (κ3) is 6.16. The summed E-state index contributed by atoms with van der Waals surface area (Å²) in [6.45, 7) is 1.06. The molecule has 1 aromatic rings. The number of hydrogen-bond acceptors (Lipinski definition) is 0. The van der Waals surface area contributed by atoms with Gasteiger partial charge in [0.15, 0.2) is 0 Å². The highest BCUT2D eigenvalue weighted by molar-refractivity contribution is 5.48. The Hall–Kier alpha value is -0.350. The molecule has 1 nitrogen and oxygen atoms in total. The van der Waals surface area contributed by atoms with Crippen LogP contribution < -0.4 is 24.0 Å². The predicted molar refractivity (Wildman–Crippen MR) is 58.4 cm³/mol. The molecule has 14 heavy (non-hydrogen) atoms. The highest BCUT2D eigenvalue weighted by Crippen LogP contribution is 2.01. The number of halogens is 1. The van der Waals surface area contributed by atoms with Gasteiger partial charge in [0.2, 0.25) is 0 Å². The van der Waals surface area contributed by atoms with Gasteiger partial charge in [0.05, 0.1) is 27.7 Å². The molecule has 0 saturated heterocycles. The lowest BCUT2D eigenvalue weighted by Crippen LogP contribution is -3.00. The van der Waals surface area contributed by atoms with E-state index in [2.05, 4.69) is 57.6 Å². The monoisotopic (exact) mass is 303 g/mol. The van der Waals surface area contributed by atoms with E-state index in [9.17, 15) is 0 Å². The minimum atomic E-state index is 0. The molecule has 78 valence electrons. The van der Waals surface area contributed by atoms with Crippen LogP contribution >= 0.6 is 0 Å². The minimum absolute atomic E-state index is 0. The van der Waals surface area contributed by atoms with Crippen molar-refractivity contribution >= 4 is 6.08 Å². The zero-order valence-electron chi connectivity index (χ0n) is 9.07. The average Bonchev–Trinajstić information content (AvgIpc) is 2.04. The number of quaternary nitrogens is 1. The summed E-state index contributed by atoms with van der Waals surface area (Å²) in [7, 11) is 6.57. The first-order chi connectivity index (χ1) is 6.08. The average molecular weight is 303 g/mol. The Labute approximate surface area is 104 Å². The molecule has 0 aliphatic rings. The SMILES string of the molecule is C[N+](C)(C)C/C=C/c1ccccc1.[I-]. The highest BCUT2D eigenvalue weighted by Gasteiger charge is 2.01. The Bertz CT molecular complexity index is 272. The summed E-state index contributed by atoms with van der Waals surface area (Å²) in [5.41, 5.74) is 1.27. The fraction of sp³-hybridized carbons (Fsp3) is 0.333. The molecule has 0 fully saturated rings. The van der Waals surface area contributed by atoms with E-state index >= 15 is 0 Å². The molecule has 0 aliphatic heterocycles. The van der Waals surface area contributed by atoms with Crippen molar-refractivity contribution in [2.75, 3.05) is 27.7 Å². The van der Waals surface area contributed by atoms with Gasteiger partial charge in [0.25, 0.3) is 0 Å². The molecular formula is C12H18IN. The number of rotatable bonds is 3. The Kier molecular flexibility index (Phi) is 6.04. The summed E-state index contributed by atoms with van der Waals surface area (Å²) in [5.74, 6) is 0. The topological polar surface area (TPSA) is 0 Å². The molecule has 0 aliphatic carbocycles. The van der Waals surface area contributed by atoms with Gasteiger partial charge in [0, 0.05) is 0 Å². The second kappa shape index (κ2) is 6.19. The maximum atomic E-state index is 2.22. The minimum Gasteiger partial charge on any atom is -1.00 e. The summed E-state index contributed by atoms with van der Waals surface area (Å²) in [5, 5.41) is 0. The van der Waals surface area contributed by atoms with E-state index in [1.165, 1.54) is 5.56 Å². The van der Waals surface area contributed by atoms with Crippen LogP contribution in [0.15, 0.2) is 36.4 Å². The van der Waals surface area contributed by atoms with E-state index in [1.807, 2.05) is 6.07 Å². The number of nitrogens with zero attached hydrogens (tertiary/aromatic N) is 1. The van der Waals surface area contributed by atoms with Gasteiger partial charge in [-0.2, -0.15) is 0 Å². The Balaban J connectivity index is 0.00000169. The van der Waals surface area contributed by atoms with Crippen molar-refractivity contribution in [1.29, 1.82) is 0 Å². The van der Waals surface area contributed by atoms with E-state index in [0.29, 0.717) is 0 Å². The highest BCUT2D eigenvalue weighted by atomic mass is 127. The second-order valence-electron chi connectivity index (χ2n) is 4.29. The van der Waals surface area contributed by atoms with Crippen molar-refractivity contribution in [2.45, 2.75) is 0 Å². The molecule has 2 heteroatoms. The molecule has 1 rings (SSSR count). The van der Waals surface area contributed by atoms with Crippen molar-refractivity contribution in [1.82, 2.24) is 0 Å². The van der Waals surface area contributed by atoms with E-state index < -0.39 is 0 Å². The molecule has 0 amide bonds. The first kappa shape index (κ1) is 13.7. The van der Waals surface area contributed by atoms with Gasteiger partial charge in [-0.15, -0.1) is 0 Å². The van der Waals surface area contributed by atoms with Crippen LogP contribution in [0.5, 0.6) is 0 Å². The standard InChI is InChI=1S/C12H18N.HI/c1-13(2,3)11-7-10-12-8-5-4-6-9-12;/h4-10H,11H2,1-3H3;1H/q+1;/p-1/b10-7+;. The second-order valence-corrected chi connectivity index (χ2v) is 4.29. The van der Waals surface area contributed by atoms with Crippen LogP contribution in [0.4, 0.5) is 0 Å². The van der Waals surface area contributed by atoms with Crippen molar-refractivity contribution < 1.29 is 28.5 Å². The van der Waals surface area contributed by atoms with Crippen LogP contribution in [0.25, 0.3) is 6.08 Å². The molecule has 0 atom stereocenters. The molecule has 0 radical (unpaired) electrons. The molecule has 0 saturated carbocycles. The van der Waals surface area contributed by atoms with Crippen LogP contribution in [0.1, 0.15) is 5.56 Å². The quantitative estimate of drug-likeness (QED) is 0.517. The van der Waals surface area contributed by atoms with Crippen LogP contribution in [0, 0.1) is 0 Å². The normalized spacial score (nSPS) is 11.4. The van der Waals surface area contributed by atoms with Crippen LogP contribution in [-0.2, 0) is 0 Å². The van der Waals surface area contributed by atoms with E-state index in [0.717, 1.165) is 11.0 Å². The molecular weight excluding hydrogens is 285 g/mol. The van der Waals surface area contributed by atoms with E-state index in [4.69, 9.17) is 0 Å². The summed E-state index contributed by atoms with van der Waals surface area (Å²) in [6, 6.07) is 10.4. The molecule has 0 N–H and O–H groups in total. The summed E-state index contributed by atoms with van der Waals surface area (Å²) in [4.78, 5) is 0. The van der Waals surface area contributed by atoms with Crippen LogP contribution in [-0.4, -0.2) is 32.2 Å². The smallest absolute Gasteiger partial charge is 0.0970 e. The van der Waals surface area contributed by atoms with Crippen molar-refractivity contribution in [3.05, 3.63) is 42.0 Å². The van der Waals surface area contributed by atoms with Gasteiger partial charge in [0.1, 0.15) is 0 Å². The van der Waals surface area contributed by atoms with Crippen LogP contribution in [0.2, 0.25) is 0 Å². The van der Waals surface area contributed by atoms with Gasteiger partial charge in [-0.25, -0.2) is 0 Å². The van der Waals surface area contributed by atoms with Crippen molar-refractivity contribution in [2.24, 2.45) is 0 Å². The van der Waals surface area contributed by atoms with E-state index in [1.54, 1.807) is 0 Å².